The average Bonchev–Trinajstić information content (AvgIpc) is 3.38. The maximum atomic E-state index is 14.3. The van der Waals surface area contributed by atoms with Crippen LogP contribution in [0.1, 0.15) is 72.2 Å². The van der Waals surface area contributed by atoms with Crippen LogP contribution in [0.5, 0.6) is 5.75 Å². The Hall–Kier alpha value is -4.49. The minimum Gasteiger partial charge on any atom is -0.490 e. The zero-order valence-electron chi connectivity index (χ0n) is 28.0. The summed E-state index contributed by atoms with van der Waals surface area (Å²) in [5, 5.41) is 19.8. The first-order valence-electron chi connectivity index (χ1n) is 16.0. The Morgan fingerprint density at radius 1 is 1.13 bits per heavy atom. The molecule has 3 heterocycles. The lowest BCUT2D eigenvalue weighted by atomic mass is 10.0. The summed E-state index contributed by atoms with van der Waals surface area (Å²) in [4.78, 5) is 47.5. The molecule has 0 unspecified atom stereocenters. The highest BCUT2D eigenvalue weighted by Crippen LogP contribution is 2.29. The first-order valence-corrected chi connectivity index (χ1v) is 16.0. The van der Waals surface area contributed by atoms with Crippen molar-refractivity contribution < 1.29 is 33.5 Å². The molecule has 1 aliphatic heterocycles. The predicted molar refractivity (Wildman–Crippen MR) is 177 cm³/mol. The minimum absolute atomic E-state index is 0.195. The molecule has 0 fully saturated rings. The highest BCUT2D eigenvalue weighted by Gasteiger charge is 2.31. The molecule has 47 heavy (non-hydrogen) atoms. The number of carbonyl (C=O) groups excluding carboxylic acids is 3. The number of aromatic nitrogens is 2. The number of hydrogen-bond acceptors (Lipinski definition) is 9. The number of anilines is 2. The Morgan fingerprint density at radius 3 is 2.55 bits per heavy atom. The van der Waals surface area contributed by atoms with Crippen molar-refractivity contribution in [3.8, 4) is 5.75 Å². The minimum atomic E-state index is -0.542. The van der Waals surface area contributed by atoms with Gasteiger partial charge in [-0.3, -0.25) is 14.6 Å². The molecule has 4 atom stereocenters. The fraction of sp³-hybridized carbons (Fsp3) is 0.500. The van der Waals surface area contributed by atoms with Crippen molar-refractivity contribution >= 4 is 29.2 Å². The number of urea groups is 1. The lowest BCUT2D eigenvalue weighted by molar-refractivity contribution is -0.0115. The summed E-state index contributed by atoms with van der Waals surface area (Å²) in [6.07, 6.45) is 4.81. The molecule has 0 saturated heterocycles. The third kappa shape index (κ3) is 9.29. The van der Waals surface area contributed by atoms with E-state index >= 15 is 0 Å². The number of benzene rings is 1. The van der Waals surface area contributed by atoms with Crippen molar-refractivity contribution in [3.63, 3.8) is 0 Å². The van der Waals surface area contributed by atoms with E-state index in [4.69, 9.17) is 14.0 Å². The van der Waals surface area contributed by atoms with Gasteiger partial charge in [0.2, 0.25) is 0 Å². The van der Waals surface area contributed by atoms with Gasteiger partial charge in [0.1, 0.15) is 17.1 Å². The zero-order valence-corrected chi connectivity index (χ0v) is 28.0. The maximum absolute atomic E-state index is 14.3. The van der Waals surface area contributed by atoms with Crippen molar-refractivity contribution in [2.24, 2.45) is 5.92 Å². The summed E-state index contributed by atoms with van der Waals surface area (Å²) in [6.45, 7) is 9.86. The van der Waals surface area contributed by atoms with E-state index in [9.17, 15) is 19.5 Å². The van der Waals surface area contributed by atoms with Crippen molar-refractivity contribution in [3.05, 3.63) is 65.3 Å². The fourth-order valence-electron chi connectivity index (χ4n) is 5.39. The Balaban J connectivity index is 1.60. The number of likely N-dealkylation sites (N-methyl/N-ethyl adjacent to an activating group) is 1. The summed E-state index contributed by atoms with van der Waals surface area (Å²) < 4.78 is 17.8. The maximum Gasteiger partial charge on any atom is 0.321 e. The quantitative estimate of drug-likeness (QED) is 0.323. The van der Waals surface area contributed by atoms with E-state index in [-0.39, 0.29) is 55.1 Å². The number of aliphatic hydroxyl groups is 1. The molecule has 0 aliphatic carbocycles. The second-order valence-electron chi connectivity index (χ2n) is 12.2. The van der Waals surface area contributed by atoms with E-state index in [1.165, 1.54) is 12.4 Å². The lowest BCUT2D eigenvalue weighted by Crippen LogP contribution is -2.48. The van der Waals surface area contributed by atoms with Gasteiger partial charge in [-0.2, -0.15) is 0 Å². The summed E-state index contributed by atoms with van der Waals surface area (Å²) in [7, 11) is 1.69. The van der Waals surface area contributed by atoms with Crippen LogP contribution in [-0.4, -0.2) is 94.5 Å². The van der Waals surface area contributed by atoms with Gasteiger partial charge in [0, 0.05) is 56.3 Å². The van der Waals surface area contributed by atoms with Crippen LogP contribution >= 0.6 is 0 Å². The largest absolute Gasteiger partial charge is 0.490 e. The molecular formula is C34H46N6O7. The smallest absolute Gasteiger partial charge is 0.321 e. The molecule has 1 aromatic carbocycles. The topological polar surface area (TPSA) is 159 Å². The molecule has 4 rings (SSSR count). The molecule has 2 aromatic heterocycles. The number of aryl methyl sites for hydroxylation is 2. The summed E-state index contributed by atoms with van der Waals surface area (Å²) in [6, 6.07) is 7.34. The van der Waals surface area contributed by atoms with Crippen molar-refractivity contribution in [1.82, 2.24) is 19.9 Å². The van der Waals surface area contributed by atoms with Gasteiger partial charge < -0.3 is 39.5 Å². The van der Waals surface area contributed by atoms with Crippen molar-refractivity contribution in [1.29, 1.82) is 0 Å². The monoisotopic (exact) mass is 650 g/mol. The van der Waals surface area contributed by atoms with Crippen LogP contribution in [0.2, 0.25) is 0 Å². The number of amides is 4. The fourth-order valence-corrected chi connectivity index (χ4v) is 5.39. The average molecular weight is 651 g/mol. The SMILES string of the molecule is Cc1noc(C)c1NC(=O)N(C)C[C@H]1OCCCC[C@H](C)Oc2ccc(NC(=O)c3ccncc3)cc2C(=O)N([C@H](C)CO)C[C@@H]1C. The zero-order chi connectivity index (χ0) is 34.1. The molecule has 4 amide bonds. The predicted octanol–water partition coefficient (Wildman–Crippen LogP) is 4.90. The molecule has 1 aliphatic rings. The van der Waals surface area contributed by atoms with Crippen LogP contribution in [0.15, 0.2) is 47.2 Å². The van der Waals surface area contributed by atoms with Gasteiger partial charge in [-0.1, -0.05) is 12.1 Å². The van der Waals surface area contributed by atoms with E-state index in [0.29, 0.717) is 40.7 Å². The second kappa shape index (κ2) is 16.4. The number of rotatable bonds is 7. The van der Waals surface area contributed by atoms with Crippen LogP contribution in [0.3, 0.4) is 0 Å². The normalized spacial score (nSPS) is 19.9. The standard InChI is InChI=1S/C34H46N6O7/c1-21-18-40(22(2)20-41)33(43)28-17-27(36-32(42)26-12-14-35-15-13-26)10-11-29(28)46-23(3)9-7-8-16-45-30(21)19-39(6)34(44)37-31-24(4)38-47-25(31)5/h10-15,17,21-23,30,41H,7-9,16,18-20H2,1-6H3,(H,36,42)(H,37,44)/t21-,22+,23-,30+/m0/s1. The number of hydrogen-bond donors (Lipinski definition) is 3. The number of fused-ring (bicyclic) bond motifs is 1. The number of carbonyl (C=O) groups is 3. The van der Waals surface area contributed by atoms with Gasteiger partial charge in [0.15, 0.2) is 5.76 Å². The van der Waals surface area contributed by atoms with E-state index in [2.05, 4.69) is 20.8 Å². The molecule has 3 N–H and O–H groups in total. The highest BCUT2D eigenvalue weighted by atomic mass is 16.5. The van der Waals surface area contributed by atoms with Crippen LogP contribution in [0.4, 0.5) is 16.2 Å². The van der Waals surface area contributed by atoms with Crippen molar-refractivity contribution in [2.45, 2.75) is 72.1 Å². The van der Waals surface area contributed by atoms with Crippen molar-refractivity contribution in [2.75, 3.05) is 44.0 Å². The Kier molecular flexibility index (Phi) is 12.3. The molecular weight excluding hydrogens is 604 g/mol. The van der Waals surface area contributed by atoms with Crippen LogP contribution in [0.25, 0.3) is 0 Å². The van der Waals surface area contributed by atoms with Crippen LogP contribution < -0.4 is 15.4 Å². The molecule has 0 spiro atoms. The van der Waals surface area contributed by atoms with E-state index in [1.54, 1.807) is 68.0 Å². The molecule has 13 nitrogen and oxygen atoms in total. The van der Waals surface area contributed by atoms with Gasteiger partial charge >= 0.3 is 6.03 Å². The van der Waals surface area contributed by atoms with Gasteiger partial charge in [0.05, 0.1) is 30.4 Å². The molecule has 0 bridgehead atoms. The summed E-state index contributed by atoms with van der Waals surface area (Å²) in [5.41, 5.74) is 2.23. The first kappa shape index (κ1) is 35.4. The molecule has 254 valence electrons. The number of pyridine rings is 1. The molecule has 0 saturated carbocycles. The third-order valence-corrected chi connectivity index (χ3v) is 8.32. The Bertz CT molecular complexity index is 1490. The number of ether oxygens (including phenoxy) is 2. The number of nitrogens with zero attached hydrogens (tertiary/aromatic N) is 4. The summed E-state index contributed by atoms with van der Waals surface area (Å²) >= 11 is 0. The van der Waals surface area contributed by atoms with Gasteiger partial charge in [-0.25, -0.2) is 4.79 Å². The number of aliphatic hydroxyl groups excluding tert-OH is 1. The van der Waals surface area contributed by atoms with Crippen LogP contribution in [-0.2, 0) is 4.74 Å². The van der Waals surface area contributed by atoms with Crippen LogP contribution in [0, 0.1) is 19.8 Å². The first-order chi connectivity index (χ1) is 22.5. The highest BCUT2D eigenvalue weighted by molar-refractivity contribution is 6.05. The molecule has 0 radical (unpaired) electrons. The lowest BCUT2D eigenvalue weighted by Gasteiger charge is -2.35. The Morgan fingerprint density at radius 2 is 1.87 bits per heavy atom. The Labute approximate surface area is 275 Å². The number of nitrogens with one attached hydrogen (secondary N) is 2. The van der Waals surface area contributed by atoms with E-state index < -0.39 is 12.1 Å². The van der Waals surface area contributed by atoms with E-state index in [0.717, 1.165) is 19.3 Å². The van der Waals surface area contributed by atoms with E-state index in [1.807, 2.05) is 13.8 Å². The van der Waals surface area contributed by atoms with Gasteiger partial charge in [-0.15, -0.1) is 0 Å². The molecule has 13 heteroatoms. The van der Waals surface area contributed by atoms with Gasteiger partial charge in [-0.05, 0) is 77.3 Å². The third-order valence-electron chi connectivity index (χ3n) is 8.32. The summed E-state index contributed by atoms with van der Waals surface area (Å²) in [5.74, 6) is -0.0268. The second-order valence-corrected chi connectivity index (χ2v) is 12.2. The van der Waals surface area contributed by atoms with Gasteiger partial charge in [0.25, 0.3) is 11.8 Å². The molecule has 3 aromatic rings.